The Morgan fingerprint density at radius 2 is 1.60 bits per heavy atom. The Bertz CT molecular complexity index is 1080. The summed E-state index contributed by atoms with van der Waals surface area (Å²) < 4.78 is 61.6. The fraction of sp³-hybridized carbons (Fsp3) is 0.350. The van der Waals surface area contributed by atoms with Crippen molar-refractivity contribution < 1.29 is 31.1 Å². The van der Waals surface area contributed by atoms with E-state index in [2.05, 4.69) is 0 Å². The van der Waals surface area contributed by atoms with Crippen molar-refractivity contribution in [2.45, 2.75) is 22.8 Å². The van der Waals surface area contributed by atoms with E-state index in [0.717, 1.165) is 0 Å². The third kappa shape index (κ3) is 5.66. The van der Waals surface area contributed by atoms with Crippen molar-refractivity contribution in [3.8, 4) is 0 Å². The lowest BCUT2D eigenvalue weighted by molar-refractivity contribution is -0.144. The quantitative estimate of drug-likeness (QED) is 0.559. The maximum atomic E-state index is 12.7. The zero-order valence-corrected chi connectivity index (χ0v) is 17.9. The van der Waals surface area contributed by atoms with E-state index in [0.29, 0.717) is 18.8 Å². The number of morpholine rings is 1. The van der Waals surface area contributed by atoms with Gasteiger partial charge in [0.25, 0.3) is 0 Å². The van der Waals surface area contributed by atoms with Gasteiger partial charge in [0, 0.05) is 13.1 Å². The number of carbonyl (C=O) groups excluding carboxylic acids is 1. The molecule has 0 bridgehead atoms. The highest BCUT2D eigenvalue weighted by molar-refractivity contribution is 7.91. The standard InChI is InChI=1S/C20H23NO7S2/c22-20(9-14-29(23,24)18-6-2-1-3-7-18)28-16-17-5-4-8-19(15-17)30(25,26)21-10-12-27-13-11-21/h1-8,15H,9-14,16H2. The molecule has 0 N–H and O–H groups in total. The normalized spacial score (nSPS) is 15.6. The molecule has 10 heteroatoms. The summed E-state index contributed by atoms with van der Waals surface area (Å²) in [4.78, 5) is 12.3. The van der Waals surface area contributed by atoms with E-state index in [9.17, 15) is 21.6 Å². The monoisotopic (exact) mass is 453 g/mol. The number of hydrogen-bond donors (Lipinski definition) is 0. The molecule has 2 aromatic carbocycles. The molecule has 1 saturated heterocycles. The second kappa shape index (κ2) is 9.69. The predicted molar refractivity (Wildman–Crippen MR) is 109 cm³/mol. The second-order valence-electron chi connectivity index (χ2n) is 6.71. The summed E-state index contributed by atoms with van der Waals surface area (Å²) in [5, 5.41) is 0. The van der Waals surface area contributed by atoms with Crippen molar-refractivity contribution in [1.82, 2.24) is 4.31 Å². The first-order valence-corrected chi connectivity index (χ1v) is 12.5. The Kier molecular flexibility index (Phi) is 7.24. The molecule has 0 atom stereocenters. The summed E-state index contributed by atoms with van der Waals surface area (Å²) >= 11 is 0. The summed E-state index contributed by atoms with van der Waals surface area (Å²) in [6, 6.07) is 14.1. The van der Waals surface area contributed by atoms with Gasteiger partial charge in [0.15, 0.2) is 9.84 Å². The van der Waals surface area contributed by atoms with E-state index in [-0.39, 0.29) is 41.7 Å². The lowest BCUT2D eigenvalue weighted by atomic mass is 10.2. The SMILES string of the molecule is O=C(CCS(=O)(=O)c1ccccc1)OCc1cccc(S(=O)(=O)N2CCOCC2)c1. The minimum absolute atomic E-state index is 0.115. The molecule has 162 valence electrons. The van der Waals surface area contributed by atoms with Crippen molar-refractivity contribution in [2.24, 2.45) is 0 Å². The van der Waals surface area contributed by atoms with Gasteiger partial charge in [-0.3, -0.25) is 4.79 Å². The van der Waals surface area contributed by atoms with Gasteiger partial charge < -0.3 is 9.47 Å². The number of benzene rings is 2. The fourth-order valence-electron chi connectivity index (χ4n) is 2.93. The van der Waals surface area contributed by atoms with Crippen LogP contribution in [0.4, 0.5) is 0 Å². The first-order chi connectivity index (χ1) is 14.3. The van der Waals surface area contributed by atoms with E-state index < -0.39 is 25.8 Å². The third-order valence-corrected chi connectivity index (χ3v) is 8.21. The molecule has 30 heavy (non-hydrogen) atoms. The predicted octanol–water partition coefficient (Wildman–Crippen LogP) is 1.61. The molecule has 8 nitrogen and oxygen atoms in total. The van der Waals surface area contributed by atoms with E-state index in [1.165, 1.54) is 28.6 Å². The summed E-state index contributed by atoms with van der Waals surface area (Å²) in [6.07, 6.45) is -0.289. The molecular formula is C20H23NO7S2. The average Bonchev–Trinajstić information content (AvgIpc) is 2.78. The number of hydrogen-bond acceptors (Lipinski definition) is 7. The number of carbonyl (C=O) groups is 1. The summed E-state index contributed by atoms with van der Waals surface area (Å²) in [5.41, 5.74) is 0.503. The summed E-state index contributed by atoms with van der Waals surface area (Å²) in [7, 11) is -7.22. The molecule has 1 fully saturated rings. The van der Waals surface area contributed by atoms with Crippen LogP contribution in [-0.4, -0.2) is 59.2 Å². The lowest BCUT2D eigenvalue weighted by Crippen LogP contribution is -2.40. The van der Waals surface area contributed by atoms with Crippen LogP contribution in [0, 0.1) is 0 Å². The highest BCUT2D eigenvalue weighted by Gasteiger charge is 2.26. The molecule has 3 rings (SSSR count). The molecule has 1 aliphatic rings. The highest BCUT2D eigenvalue weighted by Crippen LogP contribution is 2.19. The van der Waals surface area contributed by atoms with Crippen LogP contribution in [0.5, 0.6) is 0 Å². The van der Waals surface area contributed by atoms with Crippen LogP contribution in [0.25, 0.3) is 0 Å². The van der Waals surface area contributed by atoms with Crippen LogP contribution in [0.15, 0.2) is 64.4 Å². The van der Waals surface area contributed by atoms with Crippen LogP contribution >= 0.6 is 0 Å². The van der Waals surface area contributed by atoms with Crippen molar-refractivity contribution in [3.05, 3.63) is 60.2 Å². The van der Waals surface area contributed by atoms with Gasteiger partial charge in [0.1, 0.15) is 6.61 Å². The van der Waals surface area contributed by atoms with E-state index in [4.69, 9.17) is 9.47 Å². The van der Waals surface area contributed by atoms with Gasteiger partial charge in [-0.2, -0.15) is 4.31 Å². The molecule has 0 spiro atoms. The largest absolute Gasteiger partial charge is 0.461 e. The molecule has 0 unspecified atom stereocenters. The molecule has 0 aromatic heterocycles. The number of rotatable bonds is 8. The average molecular weight is 454 g/mol. The third-order valence-electron chi connectivity index (χ3n) is 4.58. The highest BCUT2D eigenvalue weighted by atomic mass is 32.2. The second-order valence-corrected chi connectivity index (χ2v) is 10.8. The number of sulfone groups is 1. The van der Waals surface area contributed by atoms with Crippen LogP contribution < -0.4 is 0 Å². The van der Waals surface area contributed by atoms with Gasteiger partial charge in [0.05, 0.1) is 35.2 Å². The van der Waals surface area contributed by atoms with Gasteiger partial charge in [-0.1, -0.05) is 30.3 Å². The molecule has 0 saturated carbocycles. The molecule has 2 aromatic rings. The maximum absolute atomic E-state index is 12.7. The van der Waals surface area contributed by atoms with Crippen LogP contribution in [0.1, 0.15) is 12.0 Å². The van der Waals surface area contributed by atoms with Gasteiger partial charge in [-0.15, -0.1) is 0 Å². The number of nitrogens with zero attached hydrogens (tertiary/aromatic N) is 1. The minimum Gasteiger partial charge on any atom is -0.461 e. The van der Waals surface area contributed by atoms with Crippen molar-refractivity contribution in [3.63, 3.8) is 0 Å². The minimum atomic E-state index is -3.65. The van der Waals surface area contributed by atoms with Crippen LogP contribution in [-0.2, 0) is 40.7 Å². The molecule has 0 amide bonds. The lowest BCUT2D eigenvalue weighted by Gasteiger charge is -2.26. The Balaban J connectivity index is 1.57. The zero-order chi connectivity index (χ0) is 21.6. The Hall–Kier alpha value is -2.27. The molecule has 0 aliphatic carbocycles. The Morgan fingerprint density at radius 1 is 0.933 bits per heavy atom. The van der Waals surface area contributed by atoms with Crippen molar-refractivity contribution in [2.75, 3.05) is 32.1 Å². The Labute approximate surface area is 176 Å². The fourth-order valence-corrected chi connectivity index (χ4v) is 5.65. The topological polar surface area (TPSA) is 107 Å². The maximum Gasteiger partial charge on any atom is 0.307 e. The number of esters is 1. The van der Waals surface area contributed by atoms with E-state index in [1.54, 1.807) is 30.3 Å². The van der Waals surface area contributed by atoms with E-state index >= 15 is 0 Å². The van der Waals surface area contributed by atoms with Crippen molar-refractivity contribution in [1.29, 1.82) is 0 Å². The first kappa shape index (κ1) is 22.4. The number of ether oxygens (including phenoxy) is 2. The van der Waals surface area contributed by atoms with Gasteiger partial charge >= 0.3 is 5.97 Å². The Morgan fingerprint density at radius 3 is 2.30 bits per heavy atom. The van der Waals surface area contributed by atoms with Crippen molar-refractivity contribution >= 4 is 25.8 Å². The molecular weight excluding hydrogens is 430 g/mol. The summed E-state index contributed by atoms with van der Waals surface area (Å²) in [6.45, 7) is 1.14. The molecule has 1 aliphatic heterocycles. The van der Waals surface area contributed by atoms with Gasteiger partial charge in [-0.25, -0.2) is 16.8 Å². The summed E-state index contributed by atoms with van der Waals surface area (Å²) in [5.74, 6) is -1.03. The van der Waals surface area contributed by atoms with Crippen LogP contribution in [0.3, 0.4) is 0 Å². The van der Waals surface area contributed by atoms with Gasteiger partial charge in [-0.05, 0) is 29.8 Å². The van der Waals surface area contributed by atoms with Crippen LogP contribution in [0.2, 0.25) is 0 Å². The molecule has 0 radical (unpaired) electrons. The number of sulfonamides is 1. The van der Waals surface area contributed by atoms with Gasteiger partial charge in [0.2, 0.25) is 10.0 Å². The zero-order valence-electron chi connectivity index (χ0n) is 16.3. The first-order valence-electron chi connectivity index (χ1n) is 9.39. The van der Waals surface area contributed by atoms with E-state index in [1.807, 2.05) is 0 Å². The molecule has 1 heterocycles. The smallest absolute Gasteiger partial charge is 0.307 e.